The van der Waals surface area contributed by atoms with Gasteiger partial charge in [-0.25, -0.2) is 0 Å². The number of hydrogen-bond donors (Lipinski definition) is 1. The van der Waals surface area contributed by atoms with Gasteiger partial charge in [-0.3, -0.25) is 0 Å². The number of benzene rings is 2. The summed E-state index contributed by atoms with van der Waals surface area (Å²) in [5, 5.41) is 9.25. The maximum absolute atomic E-state index is 13.7. The first-order chi connectivity index (χ1) is 13.2. The average Bonchev–Trinajstić information content (AvgIpc) is 2.67. The van der Waals surface area contributed by atoms with Crippen LogP contribution in [0.25, 0.3) is 0 Å². The Morgan fingerprint density at radius 3 is 2.43 bits per heavy atom. The third kappa shape index (κ3) is 5.04. The standard InChI is InChI=1S/C21H25F3O4/c1-4-6-16-12-17(20(2,21(22,23)24)27-14-26-3)9-10-19(16)28-18-8-5-7-15(11-18)13-25/h5,7-12,25H,4,6,13-14H2,1-3H3. The molecule has 1 N–H and O–H groups in total. The first kappa shape index (κ1) is 22.2. The first-order valence-electron chi connectivity index (χ1n) is 8.95. The number of rotatable bonds is 9. The molecule has 0 aliphatic heterocycles. The van der Waals surface area contributed by atoms with Gasteiger partial charge in [0.25, 0.3) is 0 Å². The van der Waals surface area contributed by atoms with E-state index in [9.17, 15) is 18.3 Å². The van der Waals surface area contributed by atoms with Crippen LogP contribution in [-0.4, -0.2) is 25.2 Å². The fourth-order valence-corrected chi connectivity index (χ4v) is 2.78. The topological polar surface area (TPSA) is 47.9 Å². The molecule has 1 atom stereocenters. The normalized spacial score (nSPS) is 14.0. The van der Waals surface area contributed by atoms with Gasteiger partial charge >= 0.3 is 6.18 Å². The number of aryl methyl sites for hydroxylation is 1. The van der Waals surface area contributed by atoms with Crippen molar-refractivity contribution in [1.29, 1.82) is 0 Å². The molecule has 2 aromatic rings. The van der Waals surface area contributed by atoms with Crippen LogP contribution in [0.5, 0.6) is 11.5 Å². The van der Waals surface area contributed by atoms with E-state index < -0.39 is 18.6 Å². The smallest absolute Gasteiger partial charge is 0.421 e. The lowest BCUT2D eigenvalue weighted by Gasteiger charge is -2.32. The molecule has 0 aliphatic rings. The van der Waals surface area contributed by atoms with Gasteiger partial charge in [-0.05, 0) is 54.3 Å². The predicted molar refractivity (Wildman–Crippen MR) is 99.2 cm³/mol. The zero-order chi connectivity index (χ0) is 20.8. The molecular weight excluding hydrogens is 373 g/mol. The van der Waals surface area contributed by atoms with Crippen LogP contribution >= 0.6 is 0 Å². The SMILES string of the molecule is CCCc1cc(C(C)(OCOC)C(F)(F)F)ccc1Oc1cccc(CO)c1. The summed E-state index contributed by atoms with van der Waals surface area (Å²) in [6.07, 6.45) is -3.34. The molecule has 2 rings (SSSR count). The maximum Gasteiger partial charge on any atom is 0.421 e. The molecule has 0 spiro atoms. The van der Waals surface area contributed by atoms with Crippen LogP contribution in [0.4, 0.5) is 13.2 Å². The summed E-state index contributed by atoms with van der Waals surface area (Å²) in [4.78, 5) is 0. The van der Waals surface area contributed by atoms with Gasteiger partial charge in [-0.15, -0.1) is 0 Å². The van der Waals surface area contributed by atoms with Crippen LogP contribution in [0.1, 0.15) is 37.0 Å². The van der Waals surface area contributed by atoms with Crippen molar-refractivity contribution in [3.05, 3.63) is 59.2 Å². The maximum atomic E-state index is 13.7. The minimum Gasteiger partial charge on any atom is -0.457 e. The van der Waals surface area contributed by atoms with Crippen molar-refractivity contribution in [3.8, 4) is 11.5 Å². The molecule has 0 heterocycles. The highest BCUT2D eigenvalue weighted by molar-refractivity contribution is 5.43. The van der Waals surface area contributed by atoms with E-state index >= 15 is 0 Å². The fourth-order valence-electron chi connectivity index (χ4n) is 2.78. The summed E-state index contributed by atoms with van der Waals surface area (Å²) < 4.78 is 56.8. The molecule has 0 fully saturated rings. The fraction of sp³-hybridized carbons (Fsp3) is 0.429. The Labute approximate surface area is 162 Å². The van der Waals surface area contributed by atoms with E-state index in [-0.39, 0.29) is 12.2 Å². The Kier molecular flexibility index (Phi) is 7.46. The van der Waals surface area contributed by atoms with E-state index in [0.717, 1.165) is 13.3 Å². The predicted octanol–water partition coefficient (Wildman–Crippen LogP) is 5.32. The highest BCUT2D eigenvalue weighted by Gasteiger charge is 2.54. The Balaban J connectivity index is 2.42. The second-order valence-corrected chi connectivity index (χ2v) is 6.56. The van der Waals surface area contributed by atoms with E-state index in [2.05, 4.69) is 4.74 Å². The van der Waals surface area contributed by atoms with Crippen LogP contribution in [0.3, 0.4) is 0 Å². The van der Waals surface area contributed by atoms with Crippen LogP contribution in [0, 0.1) is 0 Å². The minimum absolute atomic E-state index is 0.0167. The van der Waals surface area contributed by atoms with E-state index in [1.54, 1.807) is 24.3 Å². The molecule has 0 aromatic heterocycles. The summed E-state index contributed by atoms with van der Waals surface area (Å²) in [7, 11) is 1.27. The molecule has 2 aromatic carbocycles. The summed E-state index contributed by atoms with van der Waals surface area (Å²) in [6, 6.07) is 11.3. The Morgan fingerprint density at radius 1 is 1.07 bits per heavy atom. The summed E-state index contributed by atoms with van der Waals surface area (Å²) in [6.45, 7) is 2.32. The monoisotopic (exact) mass is 398 g/mol. The van der Waals surface area contributed by atoms with Gasteiger partial charge in [0.15, 0.2) is 5.60 Å². The van der Waals surface area contributed by atoms with Crippen molar-refractivity contribution < 1.29 is 32.5 Å². The van der Waals surface area contributed by atoms with E-state index in [0.29, 0.717) is 29.0 Å². The number of hydrogen-bond acceptors (Lipinski definition) is 4. The molecule has 0 aliphatic carbocycles. The van der Waals surface area contributed by atoms with Crippen molar-refractivity contribution in [2.45, 2.75) is 45.1 Å². The molecule has 154 valence electrons. The van der Waals surface area contributed by atoms with Crippen molar-refractivity contribution in [2.75, 3.05) is 13.9 Å². The number of aliphatic hydroxyl groups excluding tert-OH is 1. The van der Waals surface area contributed by atoms with Crippen molar-refractivity contribution in [3.63, 3.8) is 0 Å². The Morgan fingerprint density at radius 2 is 1.82 bits per heavy atom. The summed E-state index contributed by atoms with van der Waals surface area (Å²) in [5.41, 5.74) is -1.19. The summed E-state index contributed by atoms with van der Waals surface area (Å²) >= 11 is 0. The van der Waals surface area contributed by atoms with Crippen molar-refractivity contribution >= 4 is 0 Å². The lowest BCUT2D eigenvalue weighted by Crippen LogP contribution is -2.42. The zero-order valence-electron chi connectivity index (χ0n) is 16.2. The quantitative estimate of drug-likeness (QED) is 0.581. The lowest BCUT2D eigenvalue weighted by molar-refractivity contribution is -0.296. The third-order valence-electron chi connectivity index (χ3n) is 4.45. The van der Waals surface area contributed by atoms with Gasteiger partial charge in [0, 0.05) is 7.11 Å². The number of ether oxygens (including phenoxy) is 3. The van der Waals surface area contributed by atoms with Gasteiger partial charge in [0.05, 0.1) is 6.61 Å². The Bertz CT molecular complexity index is 776. The number of aliphatic hydroxyl groups is 1. The Hall–Kier alpha value is -2.09. The van der Waals surface area contributed by atoms with Crippen LogP contribution in [0.15, 0.2) is 42.5 Å². The average molecular weight is 398 g/mol. The van der Waals surface area contributed by atoms with Crippen LogP contribution in [0.2, 0.25) is 0 Å². The second-order valence-electron chi connectivity index (χ2n) is 6.56. The minimum atomic E-state index is -4.62. The molecular formula is C21H25F3O4. The molecule has 0 radical (unpaired) electrons. The molecule has 28 heavy (non-hydrogen) atoms. The highest BCUT2D eigenvalue weighted by Crippen LogP contribution is 2.43. The third-order valence-corrected chi connectivity index (χ3v) is 4.45. The van der Waals surface area contributed by atoms with Gasteiger partial charge in [0.2, 0.25) is 0 Å². The van der Waals surface area contributed by atoms with E-state index in [4.69, 9.17) is 9.47 Å². The number of methoxy groups -OCH3 is 1. The molecule has 1 unspecified atom stereocenters. The molecule has 0 bridgehead atoms. The molecule has 0 saturated heterocycles. The molecule has 4 nitrogen and oxygen atoms in total. The van der Waals surface area contributed by atoms with Gasteiger partial charge in [-0.2, -0.15) is 13.2 Å². The number of alkyl halides is 3. The van der Waals surface area contributed by atoms with Gasteiger partial charge in [-0.1, -0.05) is 31.5 Å². The molecule has 7 heteroatoms. The van der Waals surface area contributed by atoms with Crippen molar-refractivity contribution in [2.24, 2.45) is 0 Å². The van der Waals surface area contributed by atoms with E-state index in [1.165, 1.54) is 25.3 Å². The largest absolute Gasteiger partial charge is 0.457 e. The lowest BCUT2D eigenvalue weighted by atomic mass is 9.92. The summed E-state index contributed by atoms with van der Waals surface area (Å²) in [5.74, 6) is 0.975. The highest BCUT2D eigenvalue weighted by atomic mass is 19.4. The van der Waals surface area contributed by atoms with Crippen LogP contribution in [-0.2, 0) is 28.1 Å². The van der Waals surface area contributed by atoms with Gasteiger partial charge < -0.3 is 19.3 Å². The number of halogens is 3. The second kappa shape index (κ2) is 9.41. The first-order valence-corrected chi connectivity index (χ1v) is 8.95. The van der Waals surface area contributed by atoms with Crippen LogP contribution < -0.4 is 4.74 Å². The van der Waals surface area contributed by atoms with Crippen molar-refractivity contribution in [1.82, 2.24) is 0 Å². The van der Waals surface area contributed by atoms with Gasteiger partial charge in [0.1, 0.15) is 18.3 Å². The molecule has 0 amide bonds. The molecule has 0 saturated carbocycles. The zero-order valence-corrected chi connectivity index (χ0v) is 16.2. The van der Waals surface area contributed by atoms with E-state index in [1.807, 2.05) is 6.92 Å².